The molecular weight excluding hydrogens is 194 g/mol. The average Bonchev–Trinajstić information content (AvgIpc) is 2.65. The van der Waals surface area contributed by atoms with Crippen molar-refractivity contribution < 1.29 is 1.37 Å². The van der Waals surface area contributed by atoms with Gasteiger partial charge in [-0.15, -0.1) is 0 Å². The summed E-state index contributed by atoms with van der Waals surface area (Å²) in [7, 11) is 0. The van der Waals surface area contributed by atoms with Gasteiger partial charge in [0.2, 0.25) is 0 Å². The third kappa shape index (κ3) is 1.18. The largest absolute Gasteiger partial charge is 0.338 e. The highest BCUT2D eigenvalue weighted by molar-refractivity contribution is 6.08. The van der Waals surface area contributed by atoms with Crippen LogP contribution in [-0.4, -0.2) is 4.57 Å². The third-order valence-corrected chi connectivity index (χ3v) is 3.05. The molecular formula is C15H15N. The molecule has 0 fully saturated rings. The van der Waals surface area contributed by atoms with E-state index in [0.29, 0.717) is 12.1 Å². The molecule has 0 saturated heterocycles. The van der Waals surface area contributed by atoms with Crippen molar-refractivity contribution in [2.24, 2.45) is 0 Å². The standard InChI is InChI=1S/C15H15N/c1-11(2)16-14-9-5-3-7-12(14)13-8-4-6-10-15(13)16/h3-11H,1-2H3/i9D. The van der Waals surface area contributed by atoms with Gasteiger partial charge < -0.3 is 4.57 Å². The van der Waals surface area contributed by atoms with E-state index < -0.39 is 0 Å². The number of aromatic nitrogens is 1. The van der Waals surface area contributed by atoms with Gasteiger partial charge in [-0.05, 0) is 26.0 Å². The number of para-hydroxylation sites is 2. The van der Waals surface area contributed by atoms with Gasteiger partial charge in [-0.3, -0.25) is 0 Å². The van der Waals surface area contributed by atoms with Crippen LogP contribution in [0.1, 0.15) is 21.3 Å². The Morgan fingerprint density at radius 2 is 1.56 bits per heavy atom. The summed E-state index contributed by atoms with van der Waals surface area (Å²) in [5.41, 5.74) is 2.26. The number of hydrogen-bond acceptors (Lipinski definition) is 0. The fourth-order valence-electron chi connectivity index (χ4n) is 2.41. The maximum absolute atomic E-state index is 8.11. The predicted molar refractivity (Wildman–Crippen MR) is 69.8 cm³/mol. The molecule has 3 rings (SSSR count). The van der Waals surface area contributed by atoms with E-state index in [1.165, 1.54) is 16.3 Å². The van der Waals surface area contributed by atoms with Gasteiger partial charge in [-0.25, -0.2) is 0 Å². The quantitative estimate of drug-likeness (QED) is 0.562. The molecule has 0 N–H and O–H groups in total. The van der Waals surface area contributed by atoms with Crippen molar-refractivity contribution in [3.05, 3.63) is 48.5 Å². The molecule has 16 heavy (non-hydrogen) atoms. The van der Waals surface area contributed by atoms with E-state index in [9.17, 15) is 0 Å². The molecule has 80 valence electrons. The van der Waals surface area contributed by atoms with E-state index in [0.717, 1.165) is 5.52 Å². The van der Waals surface area contributed by atoms with Crippen molar-refractivity contribution >= 4 is 21.8 Å². The first kappa shape index (κ1) is 8.40. The maximum Gasteiger partial charge on any atom is 0.0645 e. The normalized spacial score (nSPS) is 12.6. The minimum absolute atomic E-state index is 0.365. The Hall–Kier alpha value is -1.76. The number of benzene rings is 2. The molecule has 3 aromatic rings. The average molecular weight is 210 g/mol. The van der Waals surface area contributed by atoms with Crippen LogP contribution in [0.5, 0.6) is 0 Å². The molecule has 1 heteroatoms. The van der Waals surface area contributed by atoms with Crippen LogP contribution in [0.2, 0.25) is 0 Å². The molecule has 0 aliphatic heterocycles. The van der Waals surface area contributed by atoms with E-state index in [1.54, 1.807) is 0 Å². The lowest BCUT2D eigenvalue weighted by molar-refractivity contribution is 0.642. The Morgan fingerprint density at radius 3 is 2.31 bits per heavy atom. The highest BCUT2D eigenvalue weighted by atomic mass is 15.0. The maximum atomic E-state index is 8.11. The number of hydrogen-bond donors (Lipinski definition) is 0. The van der Waals surface area contributed by atoms with Gasteiger partial charge in [0.25, 0.3) is 0 Å². The third-order valence-electron chi connectivity index (χ3n) is 3.05. The van der Waals surface area contributed by atoms with Crippen molar-refractivity contribution in [2.75, 3.05) is 0 Å². The van der Waals surface area contributed by atoms with E-state index in [1.807, 2.05) is 12.1 Å². The fourth-order valence-corrected chi connectivity index (χ4v) is 2.41. The second-order valence-electron chi connectivity index (χ2n) is 4.41. The summed E-state index contributed by atoms with van der Waals surface area (Å²) in [6, 6.07) is 15.3. The second kappa shape index (κ2) is 3.38. The lowest BCUT2D eigenvalue weighted by atomic mass is 10.2. The molecule has 0 amide bonds. The lowest BCUT2D eigenvalue weighted by Gasteiger charge is -2.10. The molecule has 0 saturated carbocycles. The Morgan fingerprint density at radius 1 is 0.938 bits per heavy atom. The first-order valence-electron chi connectivity index (χ1n) is 6.18. The summed E-state index contributed by atoms with van der Waals surface area (Å²) in [6.07, 6.45) is 0. The van der Waals surface area contributed by atoms with Gasteiger partial charge in [0.15, 0.2) is 0 Å². The summed E-state index contributed by atoms with van der Waals surface area (Å²) in [5, 5.41) is 2.42. The molecule has 0 unspecified atom stereocenters. The number of nitrogens with zero attached hydrogens (tertiary/aromatic N) is 1. The zero-order chi connectivity index (χ0) is 12.0. The van der Waals surface area contributed by atoms with Gasteiger partial charge in [0.05, 0.1) is 1.37 Å². The van der Waals surface area contributed by atoms with Crippen LogP contribution in [0.15, 0.2) is 48.5 Å². The summed E-state index contributed by atoms with van der Waals surface area (Å²) < 4.78 is 10.4. The van der Waals surface area contributed by atoms with Crippen LogP contribution < -0.4 is 0 Å². The predicted octanol–water partition coefficient (Wildman–Crippen LogP) is 4.38. The zero-order valence-electron chi connectivity index (χ0n) is 10.6. The molecule has 1 nitrogen and oxygen atoms in total. The minimum atomic E-state index is 0.365. The van der Waals surface area contributed by atoms with Crippen molar-refractivity contribution in [1.82, 2.24) is 4.57 Å². The van der Waals surface area contributed by atoms with E-state index in [4.69, 9.17) is 1.37 Å². The summed E-state index contributed by atoms with van der Waals surface area (Å²) >= 11 is 0. The summed E-state index contributed by atoms with van der Waals surface area (Å²) in [4.78, 5) is 0. The fraction of sp³-hybridized carbons (Fsp3) is 0.200. The number of rotatable bonds is 1. The van der Waals surface area contributed by atoms with Crippen molar-refractivity contribution in [2.45, 2.75) is 19.9 Å². The van der Waals surface area contributed by atoms with Gasteiger partial charge >= 0.3 is 0 Å². The molecule has 0 atom stereocenters. The van der Waals surface area contributed by atoms with Gasteiger partial charge in [0, 0.05) is 27.8 Å². The smallest absolute Gasteiger partial charge is 0.0645 e. The monoisotopic (exact) mass is 210 g/mol. The molecule has 0 bridgehead atoms. The highest BCUT2D eigenvalue weighted by Crippen LogP contribution is 2.31. The van der Waals surface area contributed by atoms with E-state index >= 15 is 0 Å². The Kier molecular flexibility index (Phi) is 1.77. The summed E-state index contributed by atoms with van der Waals surface area (Å²) in [5.74, 6) is 0. The molecule has 1 aromatic heterocycles. The first-order chi connectivity index (χ1) is 8.20. The van der Waals surface area contributed by atoms with E-state index in [2.05, 4.69) is 48.7 Å². The van der Waals surface area contributed by atoms with Crippen molar-refractivity contribution in [3.63, 3.8) is 0 Å². The van der Waals surface area contributed by atoms with Gasteiger partial charge in [0.1, 0.15) is 0 Å². The van der Waals surface area contributed by atoms with Crippen LogP contribution in [0.25, 0.3) is 21.8 Å². The Balaban J connectivity index is 2.63. The van der Waals surface area contributed by atoms with Crippen LogP contribution in [0.4, 0.5) is 0 Å². The van der Waals surface area contributed by atoms with Crippen molar-refractivity contribution in [1.29, 1.82) is 0 Å². The first-order valence-corrected chi connectivity index (χ1v) is 5.68. The van der Waals surface area contributed by atoms with Crippen LogP contribution >= 0.6 is 0 Å². The SMILES string of the molecule is [2H]c1cccc2c3ccccc3n(C(C)C)c12. The van der Waals surface area contributed by atoms with Crippen molar-refractivity contribution in [3.8, 4) is 0 Å². The molecule has 2 aromatic carbocycles. The molecule has 1 heterocycles. The zero-order valence-corrected chi connectivity index (χ0v) is 9.57. The molecule has 0 aliphatic rings. The van der Waals surface area contributed by atoms with Crippen LogP contribution in [0, 0.1) is 0 Å². The molecule has 0 aliphatic carbocycles. The topological polar surface area (TPSA) is 4.93 Å². The summed E-state index contributed by atoms with van der Waals surface area (Å²) in [6.45, 7) is 4.33. The molecule has 0 spiro atoms. The minimum Gasteiger partial charge on any atom is -0.338 e. The van der Waals surface area contributed by atoms with Crippen LogP contribution in [0.3, 0.4) is 0 Å². The van der Waals surface area contributed by atoms with Crippen LogP contribution in [-0.2, 0) is 0 Å². The van der Waals surface area contributed by atoms with Gasteiger partial charge in [-0.1, -0.05) is 36.4 Å². The van der Waals surface area contributed by atoms with Gasteiger partial charge in [-0.2, -0.15) is 0 Å². The Labute approximate surface area is 96.7 Å². The Bertz CT molecular complexity index is 695. The number of fused-ring (bicyclic) bond motifs is 3. The second-order valence-corrected chi connectivity index (χ2v) is 4.41. The van der Waals surface area contributed by atoms with E-state index in [-0.39, 0.29) is 0 Å². The highest BCUT2D eigenvalue weighted by Gasteiger charge is 2.10. The lowest BCUT2D eigenvalue weighted by Crippen LogP contribution is -1.99. The molecule has 0 radical (unpaired) electrons.